The summed E-state index contributed by atoms with van der Waals surface area (Å²) < 4.78 is 5.15. The third-order valence-corrected chi connectivity index (χ3v) is 3.64. The number of hydrogen-bond acceptors (Lipinski definition) is 4. The van der Waals surface area contributed by atoms with E-state index in [-0.39, 0.29) is 17.8 Å². The van der Waals surface area contributed by atoms with E-state index in [1.807, 2.05) is 0 Å². The molecule has 0 aliphatic heterocycles. The highest BCUT2D eigenvalue weighted by Gasteiger charge is 2.27. The number of nitrogens with one attached hydrogen (secondary N) is 2. The fourth-order valence-electron chi connectivity index (χ4n) is 2.35. The van der Waals surface area contributed by atoms with Gasteiger partial charge in [-0.25, -0.2) is 0 Å². The minimum atomic E-state index is -1.34. The Bertz CT molecular complexity index is 894. The number of aromatic amines is 1. The first-order valence-electron chi connectivity index (χ1n) is 7.14. The van der Waals surface area contributed by atoms with Gasteiger partial charge < -0.3 is 19.8 Å². The smallest absolute Gasteiger partial charge is 0.267 e. The maximum atomic E-state index is 12.2. The molecule has 0 fully saturated rings. The van der Waals surface area contributed by atoms with E-state index in [1.165, 1.54) is 13.2 Å². The Labute approximate surface area is 131 Å². The second-order valence-corrected chi connectivity index (χ2v) is 5.53. The molecule has 2 aromatic heterocycles. The molecular formula is C17H16N2O4. The van der Waals surface area contributed by atoms with Gasteiger partial charge in [0.2, 0.25) is 0 Å². The molecule has 1 aromatic carbocycles. The number of furan rings is 1. The minimum absolute atomic E-state index is 0.0474. The Balaban J connectivity index is 1.80. The molecule has 118 valence electrons. The van der Waals surface area contributed by atoms with Gasteiger partial charge in [-0.2, -0.15) is 0 Å². The molecule has 3 N–H and O–H groups in total. The van der Waals surface area contributed by atoms with Gasteiger partial charge in [0.15, 0.2) is 0 Å². The van der Waals surface area contributed by atoms with Crippen molar-refractivity contribution in [2.75, 3.05) is 6.54 Å². The highest BCUT2D eigenvalue weighted by atomic mass is 16.4. The molecule has 3 rings (SSSR count). The quantitative estimate of drug-likeness (QED) is 0.684. The van der Waals surface area contributed by atoms with Crippen LogP contribution in [0.25, 0.3) is 10.8 Å². The number of carbonyl (C=O) groups excluding carboxylic acids is 1. The molecule has 2 heterocycles. The number of pyridine rings is 1. The van der Waals surface area contributed by atoms with Crippen LogP contribution in [0.15, 0.2) is 57.9 Å². The number of carbonyl (C=O) groups is 1. The number of amides is 1. The van der Waals surface area contributed by atoms with Crippen molar-refractivity contribution in [3.63, 3.8) is 0 Å². The number of hydrogen-bond donors (Lipinski definition) is 3. The van der Waals surface area contributed by atoms with Gasteiger partial charge in [0.1, 0.15) is 17.1 Å². The van der Waals surface area contributed by atoms with Crippen LogP contribution in [0.5, 0.6) is 0 Å². The van der Waals surface area contributed by atoms with Crippen LogP contribution in [-0.4, -0.2) is 22.5 Å². The van der Waals surface area contributed by atoms with E-state index in [4.69, 9.17) is 4.42 Å². The molecule has 0 saturated carbocycles. The Hall–Kier alpha value is -2.86. The predicted octanol–water partition coefficient (Wildman–Crippen LogP) is 1.76. The Kier molecular flexibility index (Phi) is 3.75. The van der Waals surface area contributed by atoms with Crippen LogP contribution in [0.3, 0.4) is 0 Å². The van der Waals surface area contributed by atoms with Gasteiger partial charge in [0.05, 0.1) is 12.8 Å². The van der Waals surface area contributed by atoms with Gasteiger partial charge in [0, 0.05) is 5.39 Å². The summed E-state index contributed by atoms with van der Waals surface area (Å²) in [6.07, 6.45) is 1.45. The molecule has 6 nitrogen and oxygen atoms in total. The molecule has 0 aliphatic rings. The van der Waals surface area contributed by atoms with Crippen molar-refractivity contribution in [1.29, 1.82) is 0 Å². The van der Waals surface area contributed by atoms with E-state index >= 15 is 0 Å². The first-order valence-corrected chi connectivity index (χ1v) is 7.14. The maximum absolute atomic E-state index is 12.2. The number of fused-ring (bicyclic) bond motifs is 1. The van der Waals surface area contributed by atoms with Gasteiger partial charge in [-0.05, 0) is 36.6 Å². The molecule has 1 amide bonds. The van der Waals surface area contributed by atoms with Crippen molar-refractivity contribution in [2.45, 2.75) is 12.5 Å². The molecule has 0 bridgehead atoms. The van der Waals surface area contributed by atoms with Crippen LogP contribution in [0.4, 0.5) is 0 Å². The normalized spacial score (nSPS) is 13.7. The van der Waals surface area contributed by atoms with E-state index in [9.17, 15) is 14.7 Å². The third-order valence-electron chi connectivity index (χ3n) is 3.64. The summed E-state index contributed by atoms with van der Waals surface area (Å²) in [5, 5.41) is 14.1. The summed E-state index contributed by atoms with van der Waals surface area (Å²) in [5.41, 5.74) is -1.52. The zero-order chi connectivity index (χ0) is 16.4. The van der Waals surface area contributed by atoms with E-state index in [2.05, 4.69) is 10.3 Å². The van der Waals surface area contributed by atoms with Crippen LogP contribution in [-0.2, 0) is 5.60 Å². The molecule has 3 aromatic rings. The molecule has 0 saturated heterocycles. The first-order chi connectivity index (χ1) is 11.0. The molecule has 0 spiro atoms. The number of benzene rings is 1. The predicted molar refractivity (Wildman–Crippen MR) is 85.2 cm³/mol. The summed E-state index contributed by atoms with van der Waals surface area (Å²) in [4.78, 5) is 26.8. The van der Waals surface area contributed by atoms with E-state index in [1.54, 1.807) is 42.5 Å². The van der Waals surface area contributed by atoms with Gasteiger partial charge >= 0.3 is 0 Å². The van der Waals surface area contributed by atoms with E-state index in [0.717, 1.165) is 0 Å². The van der Waals surface area contributed by atoms with Crippen molar-refractivity contribution in [2.24, 2.45) is 0 Å². The highest BCUT2D eigenvalue weighted by Crippen LogP contribution is 2.20. The van der Waals surface area contributed by atoms with Gasteiger partial charge in [-0.3, -0.25) is 9.59 Å². The van der Waals surface area contributed by atoms with Crippen LogP contribution in [0.1, 0.15) is 23.2 Å². The van der Waals surface area contributed by atoms with Crippen LogP contribution in [0.2, 0.25) is 0 Å². The van der Waals surface area contributed by atoms with Crippen molar-refractivity contribution < 1.29 is 14.3 Å². The fraction of sp³-hybridized carbons (Fsp3) is 0.176. The van der Waals surface area contributed by atoms with Crippen LogP contribution >= 0.6 is 0 Å². The summed E-state index contributed by atoms with van der Waals surface area (Å²) in [5.74, 6) is -0.121. The second-order valence-electron chi connectivity index (χ2n) is 5.53. The molecule has 1 atom stereocenters. The topological polar surface area (TPSA) is 95.3 Å². The first kappa shape index (κ1) is 15.1. The zero-order valence-corrected chi connectivity index (χ0v) is 12.5. The lowest BCUT2D eigenvalue weighted by atomic mass is 10.0. The van der Waals surface area contributed by atoms with Crippen molar-refractivity contribution >= 4 is 16.7 Å². The average molecular weight is 312 g/mol. The molecule has 23 heavy (non-hydrogen) atoms. The number of H-pyrrole nitrogens is 1. The lowest BCUT2D eigenvalue weighted by Crippen LogP contribution is -2.39. The number of aromatic nitrogens is 1. The largest absolute Gasteiger partial charge is 0.466 e. The SMILES string of the molecule is CC(O)(CNC(=O)c1cc2ccccc2c(=O)[nH]1)c1ccco1. The second kappa shape index (κ2) is 5.73. The molecule has 0 radical (unpaired) electrons. The monoisotopic (exact) mass is 312 g/mol. The number of rotatable bonds is 4. The molecule has 1 unspecified atom stereocenters. The molecule has 0 aliphatic carbocycles. The highest BCUT2D eigenvalue weighted by molar-refractivity contribution is 5.96. The van der Waals surface area contributed by atoms with E-state index < -0.39 is 11.5 Å². The van der Waals surface area contributed by atoms with Crippen molar-refractivity contribution in [3.05, 3.63) is 70.5 Å². The average Bonchev–Trinajstić information content (AvgIpc) is 3.08. The standard InChI is InChI=1S/C17H16N2O4/c1-17(22,14-7-4-8-23-14)10-18-16(21)13-9-11-5-2-3-6-12(11)15(20)19-13/h2-9,22H,10H2,1H3,(H,18,21)(H,19,20). The van der Waals surface area contributed by atoms with Crippen molar-refractivity contribution in [1.82, 2.24) is 10.3 Å². The van der Waals surface area contributed by atoms with Gasteiger partial charge in [0.25, 0.3) is 11.5 Å². The summed E-state index contributed by atoms with van der Waals surface area (Å²) in [6, 6.07) is 11.9. The minimum Gasteiger partial charge on any atom is -0.466 e. The molecule has 6 heteroatoms. The number of aliphatic hydroxyl groups is 1. The summed E-state index contributed by atoms with van der Waals surface area (Å²) >= 11 is 0. The van der Waals surface area contributed by atoms with E-state index in [0.29, 0.717) is 16.5 Å². The maximum Gasteiger partial charge on any atom is 0.267 e. The third kappa shape index (κ3) is 3.02. The van der Waals surface area contributed by atoms with Crippen molar-refractivity contribution in [3.8, 4) is 0 Å². The van der Waals surface area contributed by atoms with Gasteiger partial charge in [-0.15, -0.1) is 0 Å². The summed E-state index contributed by atoms with van der Waals surface area (Å²) in [7, 11) is 0. The molecular weight excluding hydrogens is 296 g/mol. The Morgan fingerprint density at radius 3 is 2.83 bits per heavy atom. The lowest BCUT2D eigenvalue weighted by molar-refractivity contribution is 0.0329. The summed E-state index contributed by atoms with van der Waals surface area (Å²) in [6.45, 7) is 1.49. The Morgan fingerprint density at radius 2 is 2.09 bits per heavy atom. The lowest BCUT2D eigenvalue weighted by Gasteiger charge is -2.21. The van der Waals surface area contributed by atoms with Gasteiger partial charge in [-0.1, -0.05) is 18.2 Å². The van der Waals surface area contributed by atoms with Crippen LogP contribution in [0, 0.1) is 0 Å². The fourth-order valence-corrected chi connectivity index (χ4v) is 2.35. The zero-order valence-electron chi connectivity index (χ0n) is 12.5. The Morgan fingerprint density at radius 1 is 1.30 bits per heavy atom. The van der Waals surface area contributed by atoms with Crippen LogP contribution < -0.4 is 10.9 Å².